The van der Waals surface area contributed by atoms with Crippen LogP contribution in [0.3, 0.4) is 0 Å². The van der Waals surface area contributed by atoms with Crippen molar-refractivity contribution in [1.82, 2.24) is 0 Å². The summed E-state index contributed by atoms with van der Waals surface area (Å²) in [7, 11) is -0.474. The standard InChI is InChI=1S/C21H22P/c1-15-9-16(2)12-20(11-15)22(19-7-5-6-8-19)21-13-17(3)10-18(4)14-21/h5-14H,1-4H3/q-1. The van der Waals surface area contributed by atoms with E-state index in [0.29, 0.717) is 0 Å². The molecule has 0 spiro atoms. The minimum Gasteiger partial charge on any atom is -0.206 e. The molecule has 3 aromatic rings. The Kier molecular flexibility index (Phi) is 4.23. The first-order valence-electron chi connectivity index (χ1n) is 7.71. The van der Waals surface area contributed by atoms with Crippen LogP contribution in [-0.4, -0.2) is 0 Å². The van der Waals surface area contributed by atoms with Crippen molar-refractivity contribution in [3.8, 4) is 0 Å². The van der Waals surface area contributed by atoms with Gasteiger partial charge in [0.1, 0.15) is 0 Å². The molecule has 0 aliphatic carbocycles. The second-order valence-corrected chi connectivity index (χ2v) is 8.39. The highest BCUT2D eigenvalue weighted by molar-refractivity contribution is 7.79. The minimum atomic E-state index is -0.474. The van der Waals surface area contributed by atoms with Crippen LogP contribution in [0.5, 0.6) is 0 Å². The van der Waals surface area contributed by atoms with Gasteiger partial charge in [0.05, 0.1) is 0 Å². The van der Waals surface area contributed by atoms with E-state index < -0.39 is 7.92 Å². The molecule has 0 N–H and O–H groups in total. The van der Waals surface area contributed by atoms with Gasteiger partial charge in [-0.05, 0) is 38.3 Å². The van der Waals surface area contributed by atoms with Crippen LogP contribution in [0.25, 0.3) is 0 Å². The molecule has 0 heterocycles. The van der Waals surface area contributed by atoms with Gasteiger partial charge in [0, 0.05) is 0 Å². The molecular weight excluding hydrogens is 283 g/mol. The first kappa shape index (κ1) is 15.1. The fourth-order valence-electron chi connectivity index (χ4n) is 3.12. The summed E-state index contributed by atoms with van der Waals surface area (Å²) >= 11 is 0. The smallest absolute Gasteiger partial charge is 0.0273 e. The number of hydrogen-bond acceptors (Lipinski definition) is 0. The molecule has 0 amide bonds. The molecule has 0 nitrogen and oxygen atoms in total. The van der Waals surface area contributed by atoms with Gasteiger partial charge in [-0.25, -0.2) is 6.07 Å². The predicted molar refractivity (Wildman–Crippen MR) is 99.7 cm³/mol. The maximum Gasteiger partial charge on any atom is -0.0273 e. The van der Waals surface area contributed by atoms with Gasteiger partial charge in [-0.2, -0.15) is 23.5 Å². The van der Waals surface area contributed by atoms with Crippen molar-refractivity contribution in [2.45, 2.75) is 27.7 Å². The van der Waals surface area contributed by atoms with Gasteiger partial charge in [-0.3, -0.25) is 0 Å². The summed E-state index contributed by atoms with van der Waals surface area (Å²) < 4.78 is 0. The summed E-state index contributed by atoms with van der Waals surface area (Å²) in [6.45, 7) is 8.76. The molecule has 3 aromatic carbocycles. The molecular formula is C21H22P-. The molecule has 0 aliphatic rings. The van der Waals surface area contributed by atoms with Crippen LogP contribution in [0.4, 0.5) is 0 Å². The van der Waals surface area contributed by atoms with E-state index in [1.807, 2.05) is 0 Å². The fourth-order valence-corrected chi connectivity index (χ4v) is 5.82. The Morgan fingerprint density at radius 3 is 1.45 bits per heavy atom. The highest BCUT2D eigenvalue weighted by Crippen LogP contribution is 2.34. The normalized spacial score (nSPS) is 11.1. The largest absolute Gasteiger partial charge is 0.206 e. The van der Waals surface area contributed by atoms with E-state index >= 15 is 0 Å². The Hall–Kier alpha value is -1.78. The Bertz CT molecular complexity index is 690. The first-order valence-corrected chi connectivity index (χ1v) is 9.05. The zero-order valence-electron chi connectivity index (χ0n) is 13.7. The third-order valence-electron chi connectivity index (χ3n) is 3.83. The molecule has 0 atom stereocenters. The van der Waals surface area contributed by atoms with Crippen LogP contribution in [0.1, 0.15) is 22.3 Å². The van der Waals surface area contributed by atoms with Gasteiger partial charge < -0.3 is 0 Å². The van der Waals surface area contributed by atoms with Gasteiger partial charge >= 0.3 is 0 Å². The van der Waals surface area contributed by atoms with Crippen molar-refractivity contribution in [3.63, 3.8) is 0 Å². The van der Waals surface area contributed by atoms with E-state index in [4.69, 9.17) is 0 Å². The minimum absolute atomic E-state index is 0.474. The second kappa shape index (κ2) is 6.15. The van der Waals surface area contributed by atoms with Crippen molar-refractivity contribution in [2.75, 3.05) is 0 Å². The zero-order chi connectivity index (χ0) is 15.7. The molecule has 3 rings (SSSR count). The molecule has 0 saturated carbocycles. The quantitative estimate of drug-likeness (QED) is 0.497. The fraction of sp³-hybridized carbons (Fsp3) is 0.190. The monoisotopic (exact) mass is 305 g/mol. The SMILES string of the molecule is Cc1cc(C)cc(P(c2cc[cH-]c2)c2cc(C)cc(C)c2)c1. The molecule has 0 fully saturated rings. The van der Waals surface area contributed by atoms with Gasteiger partial charge in [-0.15, -0.1) is 0 Å². The van der Waals surface area contributed by atoms with E-state index in [9.17, 15) is 0 Å². The third kappa shape index (κ3) is 3.18. The third-order valence-corrected chi connectivity index (χ3v) is 6.20. The highest BCUT2D eigenvalue weighted by atomic mass is 31.1. The highest BCUT2D eigenvalue weighted by Gasteiger charge is 2.13. The van der Waals surface area contributed by atoms with Gasteiger partial charge in [0.25, 0.3) is 0 Å². The molecule has 0 aromatic heterocycles. The maximum absolute atomic E-state index is 2.35. The predicted octanol–water partition coefficient (Wildman–Crippen LogP) is 4.40. The molecule has 22 heavy (non-hydrogen) atoms. The van der Waals surface area contributed by atoms with E-state index in [1.54, 1.807) is 0 Å². The summed E-state index contributed by atoms with van der Waals surface area (Å²) in [5.74, 6) is 0. The van der Waals surface area contributed by atoms with Gasteiger partial charge in [0.2, 0.25) is 0 Å². The summed E-state index contributed by atoms with van der Waals surface area (Å²) in [5.41, 5.74) is 5.38. The molecule has 0 bridgehead atoms. The first-order chi connectivity index (χ1) is 10.5. The molecule has 0 saturated heterocycles. The van der Waals surface area contributed by atoms with E-state index in [1.165, 1.54) is 38.2 Å². The summed E-state index contributed by atoms with van der Waals surface area (Å²) in [6, 6.07) is 22.7. The average Bonchev–Trinajstić information content (AvgIpc) is 2.90. The summed E-state index contributed by atoms with van der Waals surface area (Å²) in [4.78, 5) is 0. The van der Waals surface area contributed by atoms with E-state index in [2.05, 4.69) is 88.4 Å². The lowest BCUT2D eigenvalue weighted by atomic mass is 10.2. The number of rotatable bonds is 3. The van der Waals surface area contributed by atoms with Crippen LogP contribution in [0.15, 0.2) is 60.7 Å². The molecule has 0 unspecified atom stereocenters. The summed E-state index contributed by atoms with van der Waals surface area (Å²) in [6.07, 6.45) is 0. The van der Waals surface area contributed by atoms with Crippen LogP contribution in [0, 0.1) is 27.7 Å². The van der Waals surface area contributed by atoms with Crippen molar-refractivity contribution in [1.29, 1.82) is 0 Å². The number of benzene rings is 2. The van der Waals surface area contributed by atoms with Crippen molar-refractivity contribution in [3.05, 3.63) is 82.9 Å². The topological polar surface area (TPSA) is 0 Å². The van der Waals surface area contributed by atoms with Crippen LogP contribution >= 0.6 is 7.92 Å². The van der Waals surface area contributed by atoms with Crippen molar-refractivity contribution in [2.24, 2.45) is 0 Å². The lowest BCUT2D eigenvalue weighted by molar-refractivity contribution is 1.40. The van der Waals surface area contributed by atoms with Crippen molar-refractivity contribution >= 4 is 23.8 Å². The Labute approximate surface area is 134 Å². The van der Waals surface area contributed by atoms with Gasteiger partial charge in [0.15, 0.2) is 0 Å². The van der Waals surface area contributed by atoms with E-state index in [-0.39, 0.29) is 0 Å². The van der Waals surface area contributed by atoms with Crippen LogP contribution in [0.2, 0.25) is 0 Å². The molecule has 0 radical (unpaired) electrons. The van der Waals surface area contributed by atoms with Crippen LogP contribution < -0.4 is 15.9 Å². The Morgan fingerprint density at radius 1 is 0.636 bits per heavy atom. The number of hydrogen-bond donors (Lipinski definition) is 0. The Balaban J connectivity index is 2.20. The van der Waals surface area contributed by atoms with Crippen LogP contribution in [-0.2, 0) is 0 Å². The maximum atomic E-state index is 2.35. The van der Waals surface area contributed by atoms with Crippen molar-refractivity contribution < 1.29 is 0 Å². The summed E-state index contributed by atoms with van der Waals surface area (Å²) in [5, 5.41) is 4.33. The lowest BCUT2D eigenvalue weighted by Gasteiger charge is -2.25. The molecule has 1 heteroatoms. The van der Waals surface area contributed by atoms with E-state index in [0.717, 1.165) is 0 Å². The number of aryl methyl sites for hydroxylation is 4. The molecule has 0 aliphatic heterocycles. The van der Waals surface area contributed by atoms with Gasteiger partial charge in [-0.1, -0.05) is 66.6 Å². The average molecular weight is 305 g/mol. The lowest BCUT2D eigenvalue weighted by Crippen LogP contribution is -2.21. The zero-order valence-corrected chi connectivity index (χ0v) is 14.6. The Morgan fingerprint density at radius 2 is 1.09 bits per heavy atom. The second-order valence-electron chi connectivity index (χ2n) is 6.17. The molecule has 112 valence electrons.